The molecule has 1 aliphatic heterocycles. The third-order valence-electron chi connectivity index (χ3n) is 6.04. The van der Waals surface area contributed by atoms with Crippen molar-refractivity contribution in [1.29, 1.82) is 0 Å². The van der Waals surface area contributed by atoms with Crippen LogP contribution in [0.2, 0.25) is 13.3 Å². The van der Waals surface area contributed by atoms with Crippen molar-refractivity contribution in [2.75, 3.05) is 7.11 Å². The number of benzene rings is 1. The van der Waals surface area contributed by atoms with Gasteiger partial charge in [0.2, 0.25) is 0 Å². The molecule has 0 amide bonds. The molecule has 0 aliphatic carbocycles. The zero-order valence-corrected chi connectivity index (χ0v) is 20.9. The fraction of sp³-hybridized carbons (Fsp3) is 0.667. The zero-order chi connectivity index (χ0) is 19.5. The first kappa shape index (κ1) is 22.6. The van der Waals surface area contributed by atoms with Crippen molar-refractivity contribution in [3.05, 3.63) is 39.7 Å². The summed E-state index contributed by atoms with van der Waals surface area (Å²) in [5, 5.41) is 0. The SMILES string of the molecule is CCC[CH2][Sn]([CH2]CCC)([CH2]CCC)[C]1=CCCC(c2cccc(OC)c2)O1. The first-order valence-electron chi connectivity index (χ1n) is 11.2. The quantitative estimate of drug-likeness (QED) is 0.285. The van der Waals surface area contributed by atoms with Crippen LogP contribution in [0.5, 0.6) is 5.75 Å². The Morgan fingerprint density at radius 3 is 2.19 bits per heavy atom. The van der Waals surface area contributed by atoms with Crippen LogP contribution in [0.4, 0.5) is 0 Å². The van der Waals surface area contributed by atoms with Gasteiger partial charge in [-0.05, 0) is 0 Å². The summed E-state index contributed by atoms with van der Waals surface area (Å²) >= 11 is -2.46. The zero-order valence-electron chi connectivity index (χ0n) is 18.1. The standard InChI is InChI=1S/C12H13O2.3C4H9.Sn/c1-13-11-6-4-5-10(9-11)12-7-2-3-8-14-12;3*1-3-4-2;/h3-6,9,12H,2,7H2,1H3;3*1,3-4H2,2H3;. The molecule has 0 saturated heterocycles. The van der Waals surface area contributed by atoms with Gasteiger partial charge in [0.1, 0.15) is 0 Å². The number of allylic oxidation sites excluding steroid dienone is 1. The van der Waals surface area contributed by atoms with Crippen LogP contribution in [-0.2, 0) is 4.74 Å². The molecule has 1 aromatic rings. The fourth-order valence-corrected chi connectivity index (χ4v) is 20.2. The van der Waals surface area contributed by atoms with E-state index in [-0.39, 0.29) is 6.10 Å². The van der Waals surface area contributed by atoms with Crippen LogP contribution in [-0.4, -0.2) is 25.5 Å². The molecule has 2 rings (SSSR count). The molecule has 152 valence electrons. The van der Waals surface area contributed by atoms with Gasteiger partial charge in [-0.25, -0.2) is 0 Å². The van der Waals surface area contributed by atoms with E-state index in [9.17, 15) is 0 Å². The predicted molar refractivity (Wildman–Crippen MR) is 119 cm³/mol. The van der Waals surface area contributed by atoms with Gasteiger partial charge in [-0.15, -0.1) is 0 Å². The fourth-order valence-electron chi connectivity index (χ4n) is 4.33. The number of ether oxygens (including phenoxy) is 2. The summed E-state index contributed by atoms with van der Waals surface area (Å²) in [6.07, 6.45) is 13.1. The molecule has 1 unspecified atom stereocenters. The van der Waals surface area contributed by atoms with Gasteiger partial charge in [-0.1, -0.05) is 0 Å². The van der Waals surface area contributed by atoms with Crippen molar-refractivity contribution in [3.63, 3.8) is 0 Å². The second-order valence-electron chi connectivity index (χ2n) is 8.12. The van der Waals surface area contributed by atoms with Crippen molar-refractivity contribution in [2.24, 2.45) is 0 Å². The average molecular weight is 479 g/mol. The number of unbranched alkanes of at least 4 members (excludes halogenated alkanes) is 3. The monoisotopic (exact) mass is 480 g/mol. The Morgan fingerprint density at radius 2 is 1.63 bits per heavy atom. The maximum absolute atomic E-state index is 6.83. The Kier molecular flexibility index (Phi) is 10.1. The van der Waals surface area contributed by atoms with Gasteiger partial charge in [-0.3, -0.25) is 0 Å². The summed E-state index contributed by atoms with van der Waals surface area (Å²) in [5.74, 6) is 0.935. The first-order chi connectivity index (χ1) is 13.2. The van der Waals surface area contributed by atoms with Gasteiger partial charge in [0.25, 0.3) is 0 Å². The van der Waals surface area contributed by atoms with Crippen molar-refractivity contribution in [2.45, 2.75) is 91.6 Å². The molecule has 27 heavy (non-hydrogen) atoms. The minimum atomic E-state index is -2.46. The van der Waals surface area contributed by atoms with E-state index in [1.54, 1.807) is 7.11 Å². The Bertz CT molecular complexity index is 560. The molecule has 0 fully saturated rings. The Morgan fingerprint density at radius 1 is 1.00 bits per heavy atom. The summed E-state index contributed by atoms with van der Waals surface area (Å²) in [6, 6.07) is 8.49. The average Bonchev–Trinajstić information content (AvgIpc) is 2.73. The van der Waals surface area contributed by atoms with E-state index < -0.39 is 18.4 Å². The van der Waals surface area contributed by atoms with E-state index in [1.165, 1.54) is 67.6 Å². The van der Waals surface area contributed by atoms with E-state index in [4.69, 9.17) is 9.47 Å². The van der Waals surface area contributed by atoms with Gasteiger partial charge in [0.15, 0.2) is 0 Å². The van der Waals surface area contributed by atoms with E-state index >= 15 is 0 Å². The summed E-state index contributed by atoms with van der Waals surface area (Å²) in [5.41, 5.74) is 1.28. The Labute approximate surface area is 171 Å². The molecule has 1 aromatic carbocycles. The normalized spacial score (nSPS) is 17.3. The second-order valence-corrected chi connectivity index (χ2v) is 21.1. The molecule has 1 atom stereocenters. The number of hydrogen-bond donors (Lipinski definition) is 0. The molecule has 0 N–H and O–H groups in total. The number of methoxy groups -OCH3 is 1. The summed E-state index contributed by atoms with van der Waals surface area (Å²) in [4.78, 5) is 0. The molecule has 1 heterocycles. The van der Waals surface area contributed by atoms with Crippen molar-refractivity contribution < 1.29 is 9.47 Å². The molecule has 0 aromatic heterocycles. The number of hydrogen-bond acceptors (Lipinski definition) is 2. The van der Waals surface area contributed by atoms with Gasteiger partial charge in [-0.2, -0.15) is 0 Å². The molecule has 0 radical (unpaired) electrons. The van der Waals surface area contributed by atoms with Crippen LogP contribution in [0.25, 0.3) is 0 Å². The van der Waals surface area contributed by atoms with Crippen molar-refractivity contribution >= 4 is 18.4 Å². The third kappa shape index (κ3) is 6.44. The van der Waals surface area contributed by atoms with Crippen LogP contribution in [0.1, 0.15) is 83.8 Å². The molecule has 1 aliphatic rings. The number of rotatable bonds is 12. The first-order valence-corrected chi connectivity index (χ1v) is 18.7. The van der Waals surface area contributed by atoms with Crippen molar-refractivity contribution in [1.82, 2.24) is 0 Å². The molecular formula is C24H40O2Sn. The summed E-state index contributed by atoms with van der Waals surface area (Å²) in [7, 11) is 1.74. The molecule has 3 heteroatoms. The maximum atomic E-state index is 6.83. The van der Waals surface area contributed by atoms with Gasteiger partial charge in [0, 0.05) is 0 Å². The Balaban J connectivity index is 2.25. The van der Waals surface area contributed by atoms with Gasteiger partial charge >= 0.3 is 172 Å². The van der Waals surface area contributed by atoms with Crippen LogP contribution >= 0.6 is 0 Å². The summed E-state index contributed by atoms with van der Waals surface area (Å²) < 4.78 is 18.2. The van der Waals surface area contributed by atoms with E-state index in [1.807, 2.05) is 6.07 Å². The van der Waals surface area contributed by atoms with E-state index in [2.05, 4.69) is 45.0 Å². The molecule has 0 saturated carbocycles. The molecule has 0 bridgehead atoms. The Hall–Kier alpha value is -0.641. The summed E-state index contributed by atoms with van der Waals surface area (Å²) in [6.45, 7) is 7.02. The van der Waals surface area contributed by atoms with Gasteiger partial charge in [0.05, 0.1) is 0 Å². The molecule has 0 spiro atoms. The van der Waals surface area contributed by atoms with Crippen LogP contribution in [0.15, 0.2) is 34.1 Å². The molecular weight excluding hydrogens is 439 g/mol. The van der Waals surface area contributed by atoms with E-state index in [0.29, 0.717) is 0 Å². The van der Waals surface area contributed by atoms with E-state index in [0.717, 1.165) is 12.2 Å². The molecule has 2 nitrogen and oxygen atoms in total. The second kappa shape index (κ2) is 12.0. The van der Waals surface area contributed by atoms with Crippen LogP contribution in [0, 0.1) is 0 Å². The van der Waals surface area contributed by atoms with Crippen molar-refractivity contribution in [3.8, 4) is 5.75 Å². The van der Waals surface area contributed by atoms with Crippen LogP contribution < -0.4 is 4.74 Å². The third-order valence-corrected chi connectivity index (χ3v) is 21.2. The topological polar surface area (TPSA) is 18.5 Å². The van der Waals surface area contributed by atoms with Crippen LogP contribution in [0.3, 0.4) is 0 Å². The minimum absolute atomic E-state index is 0.209. The predicted octanol–water partition coefficient (Wildman–Crippen LogP) is 7.82. The van der Waals surface area contributed by atoms with Gasteiger partial charge < -0.3 is 0 Å².